The summed E-state index contributed by atoms with van der Waals surface area (Å²) in [7, 11) is 0. The molecule has 0 amide bonds. The normalized spacial score (nSPS) is 10.4. The molecule has 0 fully saturated rings. The second-order valence-corrected chi connectivity index (χ2v) is 4.99. The van der Waals surface area contributed by atoms with Crippen molar-refractivity contribution in [3.8, 4) is 0 Å². The van der Waals surface area contributed by atoms with Crippen molar-refractivity contribution in [2.24, 2.45) is 0 Å². The molecule has 0 aliphatic carbocycles. The number of benzene rings is 2. The molecule has 0 bridgehead atoms. The van der Waals surface area contributed by atoms with Crippen molar-refractivity contribution in [3.63, 3.8) is 0 Å². The van der Waals surface area contributed by atoms with Crippen LogP contribution in [0.2, 0.25) is 0 Å². The molecule has 0 aliphatic heterocycles. The predicted molar refractivity (Wildman–Crippen MR) is 73.8 cm³/mol. The van der Waals surface area contributed by atoms with Gasteiger partial charge >= 0.3 is 5.97 Å². The van der Waals surface area contributed by atoms with Gasteiger partial charge in [-0.05, 0) is 35.9 Å². The first-order valence-electron chi connectivity index (χ1n) is 5.56. The Hall–Kier alpha value is -2.01. The van der Waals surface area contributed by atoms with Crippen LogP contribution in [-0.4, -0.2) is 11.1 Å². The van der Waals surface area contributed by atoms with Crippen LogP contribution >= 0.6 is 11.8 Å². The van der Waals surface area contributed by atoms with E-state index in [9.17, 15) is 9.18 Å². The van der Waals surface area contributed by atoms with E-state index in [-0.39, 0.29) is 11.4 Å². The molecule has 2 aromatic carbocycles. The number of nitrogen functional groups attached to an aromatic ring is 1. The van der Waals surface area contributed by atoms with Crippen LogP contribution in [0.25, 0.3) is 0 Å². The van der Waals surface area contributed by atoms with Gasteiger partial charge in [0.25, 0.3) is 0 Å². The SMILES string of the molecule is Nc1cc(F)ccc1SCc1cccc(C(=O)O)c1. The van der Waals surface area contributed by atoms with E-state index < -0.39 is 5.97 Å². The maximum Gasteiger partial charge on any atom is 0.335 e. The van der Waals surface area contributed by atoms with Gasteiger partial charge in [0.2, 0.25) is 0 Å². The number of aromatic carboxylic acids is 1. The summed E-state index contributed by atoms with van der Waals surface area (Å²) >= 11 is 1.44. The molecule has 0 unspecified atom stereocenters. The van der Waals surface area contributed by atoms with E-state index in [1.54, 1.807) is 24.3 Å². The quantitative estimate of drug-likeness (QED) is 0.664. The fraction of sp³-hybridized carbons (Fsp3) is 0.0714. The average molecular weight is 277 g/mol. The molecular formula is C14H12FNO2S. The highest BCUT2D eigenvalue weighted by atomic mass is 32.2. The monoisotopic (exact) mass is 277 g/mol. The first-order valence-corrected chi connectivity index (χ1v) is 6.55. The van der Waals surface area contributed by atoms with Crippen LogP contribution in [0.4, 0.5) is 10.1 Å². The van der Waals surface area contributed by atoms with Crippen molar-refractivity contribution < 1.29 is 14.3 Å². The van der Waals surface area contributed by atoms with Gasteiger partial charge in [0.1, 0.15) is 5.82 Å². The van der Waals surface area contributed by atoms with Gasteiger partial charge in [0.15, 0.2) is 0 Å². The molecule has 0 heterocycles. The van der Waals surface area contributed by atoms with Gasteiger partial charge in [-0.1, -0.05) is 12.1 Å². The van der Waals surface area contributed by atoms with Crippen LogP contribution in [0.5, 0.6) is 0 Å². The number of carbonyl (C=O) groups is 1. The zero-order valence-corrected chi connectivity index (χ0v) is 10.8. The molecule has 3 nitrogen and oxygen atoms in total. The van der Waals surface area contributed by atoms with Crippen molar-refractivity contribution in [2.75, 3.05) is 5.73 Å². The predicted octanol–water partition coefficient (Wildman–Crippen LogP) is 3.40. The van der Waals surface area contributed by atoms with Gasteiger partial charge in [0, 0.05) is 16.3 Å². The van der Waals surface area contributed by atoms with Gasteiger partial charge in [-0.15, -0.1) is 11.8 Å². The van der Waals surface area contributed by atoms with Crippen molar-refractivity contribution in [1.29, 1.82) is 0 Å². The zero-order chi connectivity index (χ0) is 13.8. The van der Waals surface area contributed by atoms with Crippen LogP contribution in [0.3, 0.4) is 0 Å². The first kappa shape index (κ1) is 13.4. The number of halogens is 1. The van der Waals surface area contributed by atoms with E-state index in [1.165, 1.54) is 23.9 Å². The lowest BCUT2D eigenvalue weighted by molar-refractivity contribution is 0.0697. The van der Waals surface area contributed by atoms with Gasteiger partial charge < -0.3 is 10.8 Å². The Morgan fingerprint density at radius 2 is 2.05 bits per heavy atom. The summed E-state index contributed by atoms with van der Waals surface area (Å²) < 4.78 is 12.9. The lowest BCUT2D eigenvalue weighted by Gasteiger charge is -2.06. The Bertz CT molecular complexity index is 616. The highest BCUT2D eigenvalue weighted by Crippen LogP contribution is 2.28. The number of rotatable bonds is 4. The van der Waals surface area contributed by atoms with Crippen LogP contribution in [0, 0.1) is 5.82 Å². The third-order valence-corrected chi connectivity index (χ3v) is 3.70. The Labute approximate surface area is 114 Å². The van der Waals surface area contributed by atoms with Crippen LogP contribution in [-0.2, 0) is 5.75 Å². The third kappa shape index (κ3) is 3.48. The third-order valence-electron chi connectivity index (χ3n) is 2.54. The van der Waals surface area contributed by atoms with Crippen LogP contribution in [0.15, 0.2) is 47.4 Å². The minimum atomic E-state index is -0.951. The average Bonchev–Trinajstić information content (AvgIpc) is 2.38. The smallest absolute Gasteiger partial charge is 0.335 e. The molecule has 0 saturated carbocycles. The number of hydrogen-bond donors (Lipinski definition) is 2. The number of hydrogen-bond acceptors (Lipinski definition) is 3. The Morgan fingerprint density at radius 1 is 1.26 bits per heavy atom. The van der Waals surface area contributed by atoms with E-state index in [2.05, 4.69) is 0 Å². The van der Waals surface area contributed by atoms with Crippen LogP contribution in [0.1, 0.15) is 15.9 Å². The maximum absolute atomic E-state index is 12.9. The van der Waals surface area contributed by atoms with Gasteiger partial charge in [-0.25, -0.2) is 9.18 Å². The lowest BCUT2D eigenvalue weighted by atomic mass is 10.1. The van der Waals surface area contributed by atoms with Crippen molar-refractivity contribution in [2.45, 2.75) is 10.6 Å². The highest BCUT2D eigenvalue weighted by molar-refractivity contribution is 7.98. The number of anilines is 1. The maximum atomic E-state index is 12.9. The standard InChI is InChI=1S/C14H12FNO2S/c15-11-4-5-13(12(16)7-11)19-8-9-2-1-3-10(6-9)14(17)18/h1-7H,8,16H2,(H,17,18). The molecule has 2 rings (SSSR count). The fourth-order valence-electron chi connectivity index (χ4n) is 1.61. The zero-order valence-electron chi connectivity index (χ0n) is 9.97. The summed E-state index contributed by atoms with van der Waals surface area (Å²) in [5.41, 5.74) is 7.23. The van der Waals surface area contributed by atoms with Gasteiger partial charge in [-0.3, -0.25) is 0 Å². The molecule has 0 saturated heterocycles. The summed E-state index contributed by atoms with van der Waals surface area (Å²) in [6, 6.07) is 11.0. The summed E-state index contributed by atoms with van der Waals surface area (Å²) in [4.78, 5) is 11.6. The highest BCUT2D eigenvalue weighted by Gasteiger charge is 2.05. The largest absolute Gasteiger partial charge is 0.478 e. The van der Waals surface area contributed by atoms with Crippen molar-refractivity contribution >= 4 is 23.4 Å². The second-order valence-electron chi connectivity index (χ2n) is 3.98. The molecule has 5 heteroatoms. The molecule has 98 valence electrons. The molecule has 19 heavy (non-hydrogen) atoms. The molecule has 0 atom stereocenters. The Balaban J connectivity index is 2.10. The molecule has 0 spiro atoms. The Morgan fingerprint density at radius 3 is 2.74 bits per heavy atom. The first-order chi connectivity index (χ1) is 9.06. The van der Waals surface area contributed by atoms with E-state index in [0.29, 0.717) is 11.4 Å². The van der Waals surface area contributed by atoms with Gasteiger partial charge in [0.05, 0.1) is 5.56 Å². The van der Waals surface area contributed by atoms with E-state index in [0.717, 1.165) is 10.5 Å². The molecule has 0 aliphatic rings. The summed E-state index contributed by atoms with van der Waals surface area (Å²) in [6.45, 7) is 0. The fourth-order valence-corrected chi connectivity index (χ4v) is 2.50. The van der Waals surface area contributed by atoms with Crippen molar-refractivity contribution in [1.82, 2.24) is 0 Å². The second kappa shape index (κ2) is 5.75. The minimum Gasteiger partial charge on any atom is -0.478 e. The number of carboxylic acids is 1. The number of nitrogens with two attached hydrogens (primary N) is 1. The minimum absolute atomic E-state index is 0.255. The lowest BCUT2D eigenvalue weighted by Crippen LogP contribution is -1.96. The summed E-state index contributed by atoms with van der Waals surface area (Å²) in [5, 5.41) is 8.90. The molecule has 0 aromatic heterocycles. The number of carboxylic acid groups (broad SMARTS) is 1. The molecule has 0 radical (unpaired) electrons. The van der Waals surface area contributed by atoms with Crippen LogP contribution < -0.4 is 5.73 Å². The topological polar surface area (TPSA) is 63.3 Å². The molecule has 2 aromatic rings. The van der Waals surface area contributed by atoms with E-state index in [1.807, 2.05) is 6.07 Å². The Kier molecular flexibility index (Phi) is 4.06. The molecular weight excluding hydrogens is 265 g/mol. The van der Waals surface area contributed by atoms with E-state index in [4.69, 9.17) is 10.8 Å². The van der Waals surface area contributed by atoms with E-state index >= 15 is 0 Å². The number of thioether (sulfide) groups is 1. The summed E-state index contributed by atoms with van der Waals surface area (Å²) in [5.74, 6) is -0.736. The van der Waals surface area contributed by atoms with Gasteiger partial charge in [-0.2, -0.15) is 0 Å². The molecule has 3 N–H and O–H groups in total. The van der Waals surface area contributed by atoms with Crippen molar-refractivity contribution in [3.05, 3.63) is 59.4 Å². The summed E-state index contributed by atoms with van der Waals surface area (Å²) in [6.07, 6.45) is 0.